The first-order chi connectivity index (χ1) is 9.11. The summed E-state index contributed by atoms with van der Waals surface area (Å²) in [6, 6.07) is 9.55. The summed E-state index contributed by atoms with van der Waals surface area (Å²) in [7, 11) is 0. The van der Waals surface area contributed by atoms with Crippen LogP contribution in [0.25, 0.3) is 11.1 Å². The molecule has 0 amide bonds. The molecular weight excluding hydrogens is 249 g/mol. The van der Waals surface area contributed by atoms with Gasteiger partial charge in [-0.15, -0.1) is 0 Å². The average Bonchev–Trinajstić information content (AvgIpc) is 2.73. The molecule has 1 heterocycles. The lowest BCUT2D eigenvalue weighted by Gasteiger charge is -2.07. The van der Waals surface area contributed by atoms with Gasteiger partial charge in [0.1, 0.15) is 5.82 Å². The van der Waals surface area contributed by atoms with Crippen LogP contribution in [0, 0.1) is 5.82 Å². The summed E-state index contributed by atoms with van der Waals surface area (Å²) in [5.74, 6) is -0.995. The Bertz CT molecular complexity index is 807. The van der Waals surface area contributed by atoms with Gasteiger partial charge in [-0.2, -0.15) is 0 Å². The lowest BCUT2D eigenvalue weighted by atomic mass is 10.2. The molecule has 2 aromatic carbocycles. The molecule has 0 saturated carbocycles. The van der Waals surface area contributed by atoms with E-state index in [0.29, 0.717) is 22.5 Å². The zero-order chi connectivity index (χ0) is 13.4. The number of oxazole rings is 1. The quantitative estimate of drug-likeness (QED) is 0.617. The van der Waals surface area contributed by atoms with E-state index in [9.17, 15) is 9.18 Å². The number of hydrogen-bond donors (Lipinski definition) is 3. The van der Waals surface area contributed by atoms with Crippen molar-refractivity contribution in [1.82, 2.24) is 4.98 Å². The van der Waals surface area contributed by atoms with Crippen LogP contribution in [0.3, 0.4) is 0 Å². The Morgan fingerprint density at radius 3 is 2.68 bits per heavy atom. The van der Waals surface area contributed by atoms with E-state index >= 15 is 0 Å². The highest BCUT2D eigenvalue weighted by molar-refractivity contribution is 5.78. The number of nitrogens with two attached hydrogens (primary N) is 1. The second kappa shape index (κ2) is 4.16. The van der Waals surface area contributed by atoms with Gasteiger partial charge in [0.15, 0.2) is 5.58 Å². The van der Waals surface area contributed by atoms with Crippen molar-refractivity contribution < 1.29 is 8.81 Å². The molecule has 0 saturated heterocycles. The number of nitrogens with one attached hydrogen (secondary N) is 2. The molecule has 96 valence electrons. The minimum atomic E-state index is -0.509. The smallest absolute Gasteiger partial charge is 0.408 e. The molecule has 0 radical (unpaired) electrons. The number of halogens is 1. The van der Waals surface area contributed by atoms with Crippen molar-refractivity contribution in [3.8, 4) is 0 Å². The lowest BCUT2D eigenvalue weighted by molar-refractivity contribution is 0.555. The Kier molecular flexibility index (Phi) is 2.49. The number of aromatic nitrogens is 1. The Labute approximate surface area is 106 Å². The molecule has 0 aliphatic rings. The van der Waals surface area contributed by atoms with Crippen molar-refractivity contribution in [2.24, 2.45) is 0 Å². The number of benzene rings is 2. The Morgan fingerprint density at radius 1 is 1.16 bits per heavy atom. The van der Waals surface area contributed by atoms with Gasteiger partial charge in [-0.25, -0.2) is 9.18 Å². The van der Waals surface area contributed by atoms with Crippen LogP contribution in [0.4, 0.5) is 21.5 Å². The van der Waals surface area contributed by atoms with Crippen LogP contribution in [0.1, 0.15) is 0 Å². The highest BCUT2D eigenvalue weighted by Gasteiger charge is 2.04. The fourth-order valence-electron chi connectivity index (χ4n) is 1.79. The summed E-state index contributed by atoms with van der Waals surface area (Å²) >= 11 is 0. The van der Waals surface area contributed by atoms with Gasteiger partial charge in [0.2, 0.25) is 0 Å². The third kappa shape index (κ3) is 2.15. The van der Waals surface area contributed by atoms with E-state index in [4.69, 9.17) is 10.2 Å². The van der Waals surface area contributed by atoms with Crippen LogP contribution in [0.2, 0.25) is 0 Å². The van der Waals surface area contributed by atoms with E-state index in [1.807, 2.05) is 0 Å². The van der Waals surface area contributed by atoms with Gasteiger partial charge in [-0.3, -0.25) is 4.98 Å². The van der Waals surface area contributed by atoms with Crippen LogP contribution in [0.15, 0.2) is 45.6 Å². The maximum absolute atomic E-state index is 13.3. The molecule has 0 aliphatic carbocycles. The molecule has 19 heavy (non-hydrogen) atoms. The summed E-state index contributed by atoms with van der Waals surface area (Å²) in [4.78, 5) is 13.6. The van der Waals surface area contributed by atoms with Gasteiger partial charge in [-0.05, 0) is 30.3 Å². The molecule has 0 bridgehead atoms. The fourth-order valence-corrected chi connectivity index (χ4v) is 1.79. The van der Waals surface area contributed by atoms with E-state index in [1.165, 1.54) is 12.1 Å². The molecule has 0 spiro atoms. The normalized spacial score (nSPS) is 10.8. The Balaban J connectivity index is 1.95. The van der Waals surface area contributed by atoms with E-state index < -0.39 is 11.6 Å². The largest absolute Gasteiger partial charge is 0.417 e. The lowest BCUT2D eigenvalue weighted by Crippen LogP contribution is -1.94. The molecule has 1 aromatic heterocycles. The second-order valence-electron chi connectivity index (χ2n) is 4.09. The summed E-state index contributed by atoms with van der Waals surface area (Å²) < 4.78 is 18.3. The van der Waals surface area contributed by atoms with Gasteiger partial charge in [0.25, 0.3) is 0 Å². The first-order valence-corrected chi connectivity index (χ1v) is 5.57. The molecule has 6 heteroatoms. The van der Waals surface area contributed by atoms with Crippen molar-refractivity contribution in [1.29, 1.82) is 0 Å². The first-order valence-electron chi connectivity index (χ1n) is 5.57. The number of H-pyrrole nitrogens is 1. The SMILES string of the molecule is Nc1ccc(Nc2ccc3[nH]c(=O)oc3c2)cc1F. The third-order valence-electron chi connectivity index (χ3n) is 2.71. The van der Waals surface area contributed by atoms with Crippen molar-refractivity contribution in [2.45, 2.75) is 0 Å². The highest BCUT2D eigenvalue weighted by Crippen LogP contribution is 2.22. The summed E-state index contributed by atoms with van der Waals surface area (Å²) in [5, 5.41) is 3.00. The minimum absolute atomic E-state index is 0.0950. The number of aromatic amines is 1. The van der Waals surface area contributed by atoms with Crippen LogP contribution < -0.4 is 16.8 Å². The summed E-state index contributed by atoms with van der Waals surface area (Å²) in [5.41, 5.74) is 7.78. The molecule has 0 unspecified atom stereocenters. The highest BCUT2D eigenvalue weighted by atomic mass is 19.1. The van der Waals surface area contributed by atoms with Crippen LogP contribution in [-0.4, -0.2) is 4.98 Å². The zero-order valence-corrected chi connectivity index (χ0v) is 9.74. The Morgan fingerprint density at radius 2 is 1.89 bits per heavy atom. The number of fused-ring (bicyclic) bond motifs is 1. The van der Waals surface area contributed by atoms with E-state index in [2.05, 4.69) is 10.3 Å². The monoisotopic (exact) mass is 259 g/mol. The number of anilines is 3. The molecule has 0 fully saturated rings. The maximum atomic E-state index is 13.3. The first kappa shape index (κ1) is 11.3. The molecule has 0 atom stereocenters. The molecule has 4 N–H and O–H groups in total. The average molecular weight is 259 g/mol. The van der Waals surface area contributed by atoms with Crippen molar-refractivity contribution in [3.05, 3.63) is 52.8 Å². The number of rotatable bonds is 2. The number of nitrogen functional groups attached to an aromatic ring is 1. The minimum Gasteiger partial charge on any atom is -0.408 e. The van der Waals surface area contributed by atoms with Gasteiger partial charge in [0, 0.05) is 17.4 Å². The van der Waals surface area contributed by atoms with Crippen LogP contribution in [0.5, 0.6) is 0 Å². The summed E-state index contributed by atoms with van der Waals surface area (Å²) in [6.07, 6.45) is 0. The second-order valence-corrected chi connectivity index (χ2v) is 4.09. The predicted molar refractivity (Wildman–Crippen MR) is 70.9 cm³/mol. The van der Waals surface area contributed by atoms with Crippen LogP contribution >= 0.6 is 0 Å². The van der Waals surface area contributed by atoms with E-state index in [1.54, 1.807) is 24.3 Å². The summed E-state index contributed by atoms with van der Waals surface area (Å²) in [6.45, 7) is 0. The van der Waals surface area contributed by atoms with Gasteiger partial charge in [0.05, 0.1) is 11.2 Å². The molecule has 3 rings (SSSR count). The zero-order valence-electron chi connectivity index (χ0n) is 9.74. The standard InChI is InChI=1S/C13H10FN3O2/c14-9-5-7(1-3-10(9)15)16-8-2-4-11-12(6-8)19-13(18)17-11/h1-6,16H,15H2,(H,17,18). The molecule has 5 nitrogen and oxygen atoms in total. The van der Waals surface area contributed by atoms with E-state index in [0.717, 1.165) is 0 Å². The maximum Gasteiger partial charge on any atom is 0.417 e. The predicted octanol–water partition coefficient (Wildman–Crippen LogP) is 2.59. The van der Waals surface area contributed by atoms with Crippen molar-refractivity contribution in [2.75, 3.05) is 11.1 Å². The van der Waals surface area contributed by atoms with Crippen molar-refractivity contribution >= 4 is 28.2 Å². The molecular formula is C13H10FN3O2. The van der Waals surface area contributed by atoms with Crippen molar-refractivity contribution in [3.63, 3.8) is 0 Å². The fraction of sp³-hybridized carbons (Fsp3) is 0. The number of hydrogen-bond acceptors (Lipinski definition) is 4. The van der Waals surface area contributed by atoms with E-state index in [-0.39, 0.29) is 5.69 Å². The van der Waals surface area contributed by atoms with Gasteiger partial charge >= 0.3 is 5.76 Å². The Hall–Kier alpha value is -2.76. The topological polar surface area (TPSA) is 84.0 Å². The molecule has 0 aliphatic heterocycles. The van der Waals surface area contributed by atoms with Gasteiger partial charge < -0.3 is 15.5 Å². The van der Waals surface area contributed by atoms with Gasteiger partial charge in [-0.1, -0.05) is 0 Å². The molecule has 3 aromatic rings. The third-order valence-corrected chi connectivity index (χ3v) is 2.71. The van der Waals surface area contributed by atoms with Crippen LogP contribution in [-0.2, 0) is 0 Å².